The van der Waals surface area contributed by atoms with E-state index in [9.17, 15) is 9.59 Å². The first kappa shape index (κ1) is 23.6. The molecule has 0 bridgehead atoms. The lowest BCUT2D eigenvalue weighted by Gasteiger charge is -2.11. The van der Waals surface area contributed by atoms with Crippen molar-refractivity contribution in [1.82, 2.24) is 9.97 Å². The number of hydrogen-bond acceptors (Lipinski definition) is 8. The number of thiazole rings is 2. The summed E-state index contributed by atoms with van der Waals surface area (Å²) < 4.78 is 5.49. The number of benzene rings is 2. The molecule has 0 aliphatic rings. The van der Waals surface area contributed by atoms with Gasteiger partial charge in [-0.3, -0.25) is 9.59 Å². The number of hydrogen-bond donors (Lipinski definition) is 2. The van der Waals surface area contributed by atoms with Gasteiger partial charge in [-0.15, -0.1) is 11.3 Å². The van der Waals surface area contributed by atoms with E-state index < -0.39 is 0 Å². The molecule has 9 heteroatoms. The molecule has 4 aromatic rings. The summed E-state index contributed by atoms with van der Waals surface area (Å²) in [5.41, 5.74) is 4.00. The summed E-state index contributed by atoms with van der Waals surface area (Å²) in [4.78, 5) is 34.1. The molecule has 0 aliphatic carbocycles. The number of methoxy groups -OCH3 is 1. The van der Waals surface area contributed by atoms with Gasteiger partial charge in [0, 0.05) is 24.3 Å². The van der Waals surface area contributed by atoms with E-state index in [2.05, 4.69) is 20.6 Å². The summed E-state index contributed by atoms with van der Waals surface area (Å²) in [5.74, 6) is 0.532. The molecule has 0 spiro atoms. The molecule has 2 aromatic heterocycles. The van der Waals surface area contributed by atoms with Gasteiger partial charge in [0.15, 0.2) is 16.0 Å². The monoisotopic (exact) mass is 492 g/mol. The number of aromatic nitrogens is 2. The summed E-state index contributed by atoms with van der Waals surface area (Å²) >= 11 is 2.82. The highest BCUT2D eigenvalue weighted by atomic mass is 32.1. The Kier molecular flexibility index (Phi) is 7.34. The normalized spacial score (nSPS) is 10.7. The number of ketones is 1. The second-order valence-corrected chi connectivity index (χ2v) is 9.46. The molecule has 0 saturated carbocycles. The third kappa shape index (κ3) is 5.67. The van der Waals surface area contributed by atoms with Crippen LogP contribution < -0.4 is 15.4 Å². The fraction of sp³-hybridized carbons (Fsp3) is 0.200. The van der Waals surface area contributed by atoms with E-state index in [-0.39, 0.29) is 11.7 Å². The number of ether oxygens (including phenoxy) is 1. The second-order valence-electron chi connectivity index (χ2n) is 7.60. The molecule has 0 atom stereocenters. The fourth-order valence-electron chi connectivity index (χ4n) is 3.41. The second kappa shape index (κ2) is 10.6. The third-order valence-corrected chi connectivity index (χ3v) is 6.92. The molecule has 7 nitrogen and oxygen atoms in total. The van der Waals surface area contributed by atoms with Crippen molar-refractivity contribution in [1.29, 1.82) is 0 Å². The van der Waals surface area contributed by atoms with Crippen molar-refractivity contribution in [2.45, 2.75) is 26.7 Å². The Labute approximate surface area is 205 Å². The van der Waals surface area contributed by atoms with Gasteiger partial charge < -0.3 is 15.4 Å². The maximum Gasteiger partial charge on any atom is 0.223 e. The first-order valence-corrected chi connectivity index (χ1v) is 12.4. The zero-order valence-corrected chi connectivity index (χ0v) is 20.7. The minimum Gasteiger partial charge on any atom is -0.495 e. The average Bonchev–Trinajstić information content (AvgIpc) is 3.43. The van der Waals surface area contributed by atoms with Crippen LogP contribution in [0.2, 0.25) is 0 Å². The smallest absolute Gasteiger partial charge is 0.223 e. The molecule has 0 radical (unpaired) electrons. The quantitative estimate of drug-likeness (QED) is 0.274. The van der Waals surface area contributed by atoms with Gasteiger partial charge in [-0.25, -0.2) is 9.97 Å². The van der Waals surface area contributed by atoms with Crippen LogP contribution in [0.1, 0.15) is 35.0 Å². The van der Waals surface area contributed by atoms with Crippen molar-refractivity contribution in [3.8, 4) is 16.3 Å². The first-order chi connectivity index (χ1) is 16.4. The summed E-state index contributed by atoms with van der Waals surface area (Å²) in [5, 5.41) is 9.14. The summed E-state index contributed by atoms with van der Waals surface area (Å²) in [6.45, 7) is 3.34. The highest BCUT2D eigenvalue weighted by Gasteiger charge is 2.16. The average molecular weight is 493 g/mol. The number of nitrogens with zero attached hydrogens (tertiary/aromatic N) is 2. The van der Waals surface area contributed by atoms with Crippen LogP contribution in [0.15, 0.2) is 53.9 Å². The van der Waals surface area contributed by atoms with Gasteiger partial charge in [0.1, 0.15) is 5.75 Å². The fourth-order valence-corrected chi connectivity index (χ4v) is 5.18. The van der Waals surface area contributed by atoms with Gasteiger partial charge >= 0.3 is 0 Å². The minimum atomic E-state index is -0.161. The van der Waals surface area contributed by atoms with Gasteiger partial charge in [0.25, 0.3) is 0 Å². The Balaban J connectivity index is 1.50. The molecule has 0 saturated heterocycles. The largest absolute Gasteiger partial charge is 0.495 e. The summed E-state index contributed by atoms with van der Waals surface area (Å²) in [6.07, 6.45) is 1.12. The van der Waals surface area contributed by atoms with E-state index in [0.29, 0.717) is 40.1 Å². The Hall–Kier alpha value is -3.56. The molecule has 34 heavy (non-hydrogen) atoms. The van der Waals surface area contributed by atoms with Gasteiger partial charge in [-0.1, -0.05) is 41.7 Å². The van der Waals surface area contributed by atoms with Crippen molar-refractivity contribution in [3.63, 3.8) is 0 Å². The van der Waals surface area contributed by atoms with Gasteiger partial charge in [-0.05, 0) is 37.1 Å². The minimum absolute atomic E-state index is 0.0696. The molecule has 4 rings (SSSR count). The van der Waals surface area contributed by atoms with Crippen LogP contribution in [0.4, 0.5) is 16.0 Å². The predicted molar refractivity (Wildman–Crippen MR) is 138 cm³/mol. The number of rotatable bonds is 9. The summed E-state index contributed by atoms with van der Waals surface area (Å²) in [6, 6.07) is 15.4. The number of Topliss-reactive ketones (excluding diaryl/α,β-unsaturated/α-hetero) is 1. The number of anilines is 3. The lowest BCUT2D eigenvalue weighted by Crippen LogP contribution is -2.04. The SMILES string of the molecule is COc1ccc(C(=O)CCc2ccccc2)cc1Nc1nc(-c2sc(NC(C)=O)nc2C)cs1. The summed E-state index contributed by atoms with van der Waals surface area (Å²) in [7, 11) is 1.59. The lowest BCUT2D eigenvalue weighted by atomic mass is 10.0. The lowest BCUT2D eigenvalue weighted by molar-refractivity contribution is -0.114. The number of amides is 1. The van der Waals surface area contributed by atoms with Crippen molar-refractivity contribution in [3.05, 3.63) is 70.7 Å². The highest BCUT2D eigenvalue weighted by molar-refractivity contribution is 7.20. The molecule has 2 heterocycles. The number of aryl methyl sites for hydroxylation is 2. The zero-order valence-electron chi connectivity index (χ0n) is 19.0. The predicted octanol–water partition coefficient (Wildman–Crippen LogP) is 6.10. The van der Waals surface area contributed by atoms with Crippen LogP contribution in [0.3, 0.4) is 0 Å². The number of carbonyl (C=O) groups is 2. The molecule has 174 valence electrons. The Morgan fingerprint density at radius 2 is 1.85 bits per heavy atom. The Bertz CT molecular complexity index is 1310. The number of nitrogens with one attached hydrogen (secondary N) is 2. The van der Waals surface area contributed by atoms with Gasteiger partial charge in [0.2, 0.25) is 5.91 Å². The van der Waals surface area contributed by atoms with Crippen LogP contribution in [0, 0.1) is 6.92 Å². The van der Waals surface area contributed by atoms with Crippen molar-refractivity contribution in [2.75, 3.05) is 17.7 Å². The van der Waals surface area contributed by atoms with E-state index in [1.54, 1.807) is 25.3 Å². The highest BCUT2D eigenvalue weighted by Crippen LogP contribution is 2.36. The van der Waals surface area contributed by atoms with E-state index in [1.807, 2.05) is 42.6 Å². The van der Waals surface area contributed by atoms with Crippen LogP contribution in [-0.4, -0.2) is 28.8 Å². The molecule has 2 N–H and O–H groups in total. The van der Waals surface area contributed by atoms with Crippen LogP contribution in [0.25, 0.3) is 10.6 Å². The Morgan fingerprint density at radius 1 is 1.06 bits per heavy atom. The molecule has 0 fully saturated rings. The van der Waals surface area contributed by atoms with Crippen molar-refractivity contribution in [2.24, 2.45) is 0 Å². The molecule has 2 aromatic carbocycles. The molecule has 0 aliphatic heterocycles. The maximum absolute atomic E-state index is 12.8. The van der Waals surface area contributed by atoms with Crippen molar-refractivity contribution >= 4 is 50.3 Å². The van der Waals surface area contributed by atoms with E-state index in [0.717, 1.165) is 21.8 Å². The van der Waals surface area contributed by atoms with Crippen LogP contribution in [-0.2, 0) is 11.2 Å². The van der Waals surface area contributed by atoms with E-state index >= 15 is 0 Å². The van der Waals surface area contributed by atoms with Crippen LogP contribution >= 0.6 is 22.7 Å². The number of carbonyl (C=O) groups excluding carboxylic acids is 2. The van der Waals surface area contributed by atoms with Gasteiger partial charge in [0.05, 0.1) is 29.1 Å². The van der Waals surface area contributed by atoms with Crippen LogP contribution in [0.5, 0.6) is 5.75 Å². The van der Waals surface area contributed by atoms with Crippen molar-refractivity contribution < 1.29 is 14.3 Å². The molecule has 1 amide bonds. The first-order valence-electron chi connectivity index (χ1n) is 10.7. The molecular weight excluding hydrogens is 468 g/mol. The topological polar surface area (TPSA) is 93.2 Å². The van der Waals surface area contributed by atoms with E-state index in [1.165, 1.54) is 29.6 Å². The van der Waals surface area contributed by atoms with Gasteiger partial charge in [-0.2, -0.15) is 0 Å². The zero-order chi connectivity index (χ0) is 24.1. The maximum atomic E-state index is 12.8. The van der Waals surface area contributed by atoms with E-state index in [4.69, 9.17) is 4.74 Å². The standard InChI is InChI=1S/C25H24N4O3S2/c1-15-23(34-25(26-15)27-16(2)30)20-14-33-24(29-20)28-19-13-18(10-12-22(19)32-3)21(31)11-9-17-7-5-4-6-8-17/h4-8,10,12-14H,9,11H2,1-3H3,(H,28,29)(H,26,27,30). The molecular formula is C25H24N4O3S2. The third-order valence-electron chi connectivity index (χ3n) is 5.06. The molecule has 0 unspecified atom stereocenters. The Morgan fingerprint density at radius 3 is 2.59 bits per heavy atom.